The Labute approximate surface area is 235 Å². The zero-order valence-corrected chi connectivity index (χ0v) is 21.4. The summed E-state index contributed by atoms with van der Waals surface area (Å²) in [7, 11) is 0. The van der Waals surface area contributed by atoms with Crippen molar-refractivity contribution in [2.45, 2.75) is 38.2 Å². The highest BCUT2D eigenvalue weighted by molar-refractivity contribution is 5.87. The number of hydrogen-bond donors (Lipinski definition) is 0. The molecule has 0 aromatic heterocycles. The van der Waals surface area contributed by atoms with E-state index >= 15 is 0 Å². The van der Waals surface area contributed by atoms with Crippen LogP contribution in [0.2, 0.25) is 0 Å². The molecule has 0 N–H and O–H groups in total. The number of rotatable bonds is 9. The number of esters is 2. The summed E-state index contributed by atoms with van der Waals surface area (Å²) in [4.78, 5) is 37.6. The second-order valence-electron chi connectivity index (χ2n) is 8.72. The van der Waals surface area contributed by atoms with E-state index in [1.165, 1.54) is 0 Å². The topological polar surface area (TPSA) is 82.1 Å². The monoisotopic (exact) mass is 629 g/mol. The summed E-state index contributed by atoms with van der Waals surface area (Å²) in [5.41, 5.74) is 0. The van der Waals surface area contributed by atoms with Gasteiger partial charge in [0.15, 0.2) is 0 Å². The number of amides is 1. The summed E-state index contributed by atoms with van der Waals surface area (Å²) in [6.45, 7) is -3.93. The fourth-order valence-corrected chi connectivity index (χ4v) is 3.55. The third-order valence-electron chi connectivity index (χ3n) is 5.70. The Morgan fingerprint density at radius 2 is 1.05 bits per heavy atom. The lowest BCUT2D eigenvalue weighted by atomic mass is 10.1. The van der Waals surface area contributed by atoms with Gasteiger partial charge in [0.05, 0.1) is 0 Å². The van der Waals surface area contributed by atoms with E-state index in [-0.39, 0.29) is 4.90 Å². The highest BCUT2D eigenvalue weighted by Crippen LogP contribution is 2.30. The molecule has 1 aliphatic rings. The second-order valence-corrected chi connectivity index (χ2v) is 8.72. The lowest BCUT2D eigenvalue weighted by Gasteiger charge is -2.22. The predicted octanol–water partition coefficient (Wildman–Crippen LogP) is 4.77. The number of nitrogens with zero attached hydrogens (tertiary/aromatic N) is 1. The zero-order chi connectivity index (χ0) is 32.0. The van der Waals surface area contributed by atoms with Crippen molar-refractivity contribution in [3.63, 3.8) is 0 Å². The number of halogens is 10. The third-order valence-corrected chi connectivity index (χ3v) is 5.70. The minimum Gasteiger partial charge on any atom is -0.419 e. The maximum Gasteiger partial charge on any atom is 0.331 e. The van der Waals surface area contributed by atoms with E-state index in [0.717, 1.165) is 12.8 Å². The molecule has 0 fully saturated rings. The first-order chi connectivity index (χ1) is 20.2. The molecular formula is C26H17F10NO6. The first kappa shape index (κ1) is 33.2. The Balaban J connectivity index is 1.83. The molecule has 1 unspecified atom stereocenters. The Bertz CT molecular complexity index is 1360. The predicted molar refractivity (Wildman–Crippen MR) is 121 cm³/mol. The highest BCUT2D eigenvalue weighted by Gasteiger charge is 2.32. The van der Waals surface area contributed by atoms with Gasteiger partial charge in [0.1, 0.15) is 25.8 Å². The molecule has 7 nitrogen and oxygen atoms in total. The van der Waals surface area contributed by atoms with Gasteiger partial charge in [-0.1, -0.05) is 12.3 Å². The molecule has 0 bridgehead atoms. The Morgan fingerprint density at radius 3 is 1.49 bits per heavy atom. The van der Waals surface area contributed by atoms with Crippen molar-refractivity contribution >= 4 is 17.8 Å². The van der Waals surface area contributed by atoms with Gasteiger partial charge in [-0.25, -0.2) is 35.9 Å². The van der Waals surface area contributed by atoms with Crippen LogP contribution in [-0.4, -0.2) is 48.5 Å². The van der Waals surface area contributed by atoms with E-state index in [1.54, 1.807) is 0 Å². The van der Waals surface area contributed by atoms with E-state index in [0.29, 0.717) is 19.3 Å². The van der Waals surface area contributed by atoms with Gasteiger partial charge >= 0.3 is 11.9 Å². The third kappa shape index (κ3) is 7.74. The summed E-state index contributed by atoms with van der Waals surface area (Å²) in [6, 6.07) is 0. The highest BCUT2D eigenvalue weighted by atomic mass is 19.2. The molecule has 232 valence electrons. The summed E-state index contributed by atoms with van der Waals surface area (Å²) < 4.78 is 150. The van der Waals surface area contributed by atoms with Gasteiger partial charge < -0.3 is 19.1 Å². The largest absolute Gasteiger partial charge is 0.419 e. The number of ether oxygens (including phenoxy) is 3. The van der Waals surface area contributed by atoms with Gasteiger partial charge in [-0.2, -0.15) is 17.6 Å². The molecule has 3 rings (SSSR count). The van der Waals surface area contributed by atoms with E-state index in [9.17, 15) is 58.3 Å². The molecule has 1 atom stereocenters. The van der Waals surface area contributed by atoms with Gasteiger partial charge in [-0.05, 0) is 19.3 Å². The van der Waals surface area contributed by atoms with Crippen molar-refractivity contribution in [3.8, 4) is 23.3 Å². The van der Waals surface area contributed by atoms with Gasteiger partial charge in [-0.3, -0.25) is 4.79 Å². The average molecular weight is 629 g/mol. The fraction of sp³-hybridized carbons (Fsp3) is 0.346. The maximum atomic E-state index is 13.9. The minimum atomic E-state index is -2.57. The first-order valence-corrected chi connectivity index (χ1v) is 12.1. The molecule has 1 aliphatic carbocycles. The molecule has 17 heteroatoms. The minimum absolute atomic E-state index is 0.138. The lowest BCUT2D eigenvalue weighted by Crippen LogP contribution is -2.44. The van der Waals surface area contributed by atoms with Crippen LogP contribution in [0.1, 0.15) is 32.1 Å². The summed E-state index contributed by atoms with van der Waals surface area (Å²) in [5, 5.41) is 0. The maximum absolute atomic E-state index is 13.9. The van der Waals surface area contributed by atoms with Crippen molar-refractivity contribution in [1.82, 2.24) is 4.90 Å². The Kier molecular flexibility index (Phi) is 11.0. The van der Waals surface area contributed by atoms with E-state index < -0.39 is 113 Å². The summed E-state index contributed by atoms with van der Waals surface area (Å²) in [5.74, 6) is -29.0. The van der Waals surface area contributed by atoms with Gasteiger partial charge in [0, 0.05) is 6.42 Å². The molecule has 2 aromatic carbocycles. The van der Waals surface area contributed by atoms with Gasteiger partial charge in [0.2, 0.25) is 75.6 Å². The van der Waals surface area contributed by atoms with Crippen molar-refractivity contribution in [2.75, 3.05) is 19.7 Å². The number of hydrogen-bond acceptors (Lipinski definition) is 6. The Hall–Kier alpha value is -4.33. The van der Waals surface area contributed by atoms with Crippen molar-refractivity contribution < 1.29 is 72.5 Å². The van der Waals surface area contributed by atoms with Crippen LogP contribution >= 0.6 is 0 Å². The molecule has 0 aliphatic heterocycles. The normalized spacial score (nSPS) is 14.7. The van der Waals surface area contributed by atoms with E-state index in [2.05, 4.69) is 21.3 Å². The zero-order valence-electron chi connectivity index (χ0n) is 21.4. The van der Waals surface area contributed by atoms with Crippen LogP contribution in [0.15, 0.2) is 0 Å². The SMILES string of the molecule is O=C(CN(CC(=O)Oc1c(F)c(F)c(F)c(F)c1F)C(=O)COC1C#CCCCCC1)Oc1c(F)c(F)c(F)c(F)c1F. The van der Waals surface area contributed by atoms with E-state index in [1.807, 2.05) is 0 Å². The average Bonchev–Trinajstić information content (AvgIpc) is 2.96. The van der Waals surface area contributed by atoms with Crippen LogP contribution in [0.25, 0.3) is 0 Å². The molecule has 0 radical (unpaired) electrons. The number of benzene rings is 2. The summed E-state index contributed by atoms with van der Waals surface area (Å²) in [6.07, 6.45) is 2.37. The smallest absolute Gasteiger partial charge is 0.331 e. The number of carbonyl (C=O) groups excluding carboxylic acids is 3. The van der Waals surface area contributed by atoms with Crippen molar-refractivity contribution in [1.29, 1.82) is 0 Å². The van der Waals surface area contributed by atoms with Crippen LogP contribution in [0, 0.1) is 70.0 Å². The van der Waals surface area contributed by atoms with Gasteiger partial charge in [0.25, 0.3) is 0 Å². The second kappa shape index (κ2) is 14.2. The van der Waals surface area contributed by atoms with Crippen molar-refractivity contribution in [3.05, 3.63) is 58.2 Å². The number of carbonyl (C=O) groups is 3. The van der Waals surface area contributed by atoms with Crippen LogP contribution in [0.5, 0.6) is 11.5 Å². The van der Waals surface area contributed by atoms with Crippen LogP contribution in [0.3, 0.4) is 0 Å². The summed E-state index contributed by atoms with van der Waals surface area (Å²) >= 11 is 0. The van der Waals surface area contributed by atoms with Crippen LogP contribution in [-0.2, 0) is 19.1 Å². The Morgan fingerprint density at radius 1 is 0.628 bits per heavy atom. The molecule has 1 amide bonds. The quantitative estimate of drug-likeness (QED) is 0.0994. The van der Waals surface area contributed by atoms with E-state index in [4.69, 9.17) is 4.74 Å². The first-order valence-electron chi connectivity index (χ1n) is 12.1. The molecule has 2 aromatic rings. The van der Waals surface area contributed by atoms with Crippen LogP contribution < -0.4 is 9.47 Å². The molecule has 0 saturated carbocycles. The standard InChI is InChI=1S/C26H17F10NO6/c27-15-17(29)21(33)25(22(34)18(15)30)42-13(39)8-37(12(38)10-41-11-6-4-2-1-3-5-7-11)9-14(40)43-26-23(35)19(31)16(28)20(32)24(26)36/h11H,1-4,6,8-10H2. The van der Waals surface area contributed by atoms with Crippen LogP contribution in [0.4, 0.5) is 43.9 Å². The lowest BCUT2D eigenvalue weighted by molar-refractivity contribution is -0.150. The van der Waals surface area contributed by atoms with Crippen molar-refractivity contribution in [2.24, 2.45) is 0 Å². The molecule has 0 heterocycles. The molecule has 43 heavy (non-hydrogen) atoms. The van der Waals surface area contributed by atoms with Gasteiger partial charge in [-0.15, -0.1) is 5.92 Å². The fourth-order valence-electron chi connectivity index (χ4n) is 3.55. The molecule has 0 saturated heterocycles. The molecule has 0 spiro atoms. The molecular weight excluding hydrogens is 612 g/mol.